The number of unbranched alkanes of at least 4 members (excludes halogenated alkanes) is 1. The Kier molecular flexibility index (Phi) is 11.5. The van der Waals surface area contributed by atoms with Crippen LogP contribution in [0.25, 0.3) is 44.4 Å². The van der Waals surface area contributed by atoms with E-state index >= 15 is 4.39 Å². The van der Waals surface area contributed by atoms with Gasteiger partial charge in [0.25, 0.3) is 0 Å². The van der Waals surface area contributed by atoms with Gasteiger partial charge in [0.1, 0.15) is 18.0 Å². The average molecular weight is 770 g/mol. The van der Waals surface area contributed by atoms with E-state index < -0.39 is 29.0 Å². The maximum Gasteiger partial charge on any atom is 0.410 e. The van der Waals surface area contributed by atoms with E-state index in [1.165, 1.54) is 4.90 Å². The minimum absolute atomic E-state index is 0.0960. The molecule has 6 aromatic rings. The highest BCUT2D eigenvalue weighted by Gasteiger charge is 2.34. The smallest absolute Gasteiger partial charge is 0.410 e. The molecule has 0 bridgehead atoms. The van der Waals surface area contributed by atoms with E-state index in [4.69, 9.17) is 9.47 Å². The van der Waals surface area contributed by atoms with Crippen molar-refractivity contribution in [3.8, 4) is 33.5 Å². The van der Waals surface area contributed by atoms with E-state index in [0.717, 1.165) is 51.9 Å². The molecule has 2 N–H and O–H groups in total. The van der Waals surface area contributed by atoms with Gasteiger partial charge in [0.05, 0.1) is 35.7 Å². The number of ether oxygens (including phenoxy) is 2. The molecule has 0 spiro atoms. The number of H-pyrrole nitrogens is 2. The van der Waals surface area contributed by atoms with Crippen molar-refractivity contribution >= 4 is 23.1 Å². The Labute approximate surface area is 331 Å². The Morgan fingerprint density at radius 2 is 1.54 bits per heavy atom. The minimum atomic E-state index is -0.876. The largest absolute Gasteiger partial charge is 0.445 e. The number of pyridine rings is 1. The van der Waals surface area contributed by atoms with Gasteiger partial charge in [-0.15, -0.1) is 0 Å². The van der Waals surface area contributed by atoms with Gasteiger partial charge in [-0.2, -0.15) is 0 Å². The maximum atomic E-state index is 15.6. The molecule has 1 atom stereocenters. The number of carbonyl (C=O) groups excluding carboxylic acids is 2. The van der Waals surface area contributed by atoms with E-state index in [-0.39, 0.29) is 23.8 Å². The van der Waals surface area contributed by atoms with Crippen molar-refractivity contribution in [2.24, 2.45) is 0 Å². The zero-order chi connectivity index (χ0) is 40.1. The number of benzene rings is 4. The van der Waals surface area contributed by atoms with E-state index in [1.54, 1.807) is 17.2 Å². The van der Waals surface area contributed by atoms with Crippen molar-refractivity contribution in [3.05, 3.63) is 136 Å². The number of carbonyl (C=O) groups is 2. The predicted octanol–water partition coefficient (Wildman–Crippen LogP) is 10.4. The summed E-state index contributed by atoms with van der Waals surface area (Å²) in [6.07, 6.45) is 3.90. The number of likely N-dealkylation sites (tertiary alicyclic amines) is 1. The SMILES string of the molecule is CCCCN(Cc1ncc(-c2ccc(-c3ccc(-c4ccc5c(=O)c(F)c(C6CCCN6C(=O)OCc6ccccc6)[nH]c5c4)cc3)cc2)[nH]1)C(=O)OC(C)(C)C. The predicted molar refractivity (Wildman–Crippen MR) is 220 cm³/mol. The van der Waals surface area contributed by atoms with Gasteiger partial charge in [-0.1, -0.05) is 98.3 Å². The Balaban J connectivity index is 1.04. The van der Waals surface area contributed by atoms with Crippen molar-refractivity contribution < 1.29 is 23.5 Å². The number of aromatic amines is 2. The molecule has 57 heavy (non-hydrogen) atoms. The summed E-state index contributed by atoms with van der Waals surface area (Å²) in [5, 5.41) is 0.245. The second kappa shape index (κ2) is 16.9. The zero-order valence-corrected chi connectivity index (χ0v) is 32.8. The second-order valence-corrected chi connectivity index (χ2v) is 15.5. The van der Waals surface area contributed by atoms with Crippen LogP contribution >= 0.6 is 0 Å². The molecule has 0 radical (unpaired) electrons. The summed E-state index contributed by atoms with van der Waals surface area (Å²) in [5.74, 6) is -0.191. The number of hydrogen-bond acceptors (Lipinski definition) is 6. The van der Waals surface area contributed by atoms with Crippen LogP contribution in [0.1, 0.15) is 76.5 Å². The molecule has 11 heteroatoms. The molecule has 2 amide bonds. The number of aromatic nitrogens is 3. The number of fused-ring (bicyclic) bond motifs is 1. The quantitative estimate of drug-likeness (QED) is 0.135. The van der Waals surface area contributed by atoms with Gasteiger partial charge in [-0.25, -0.2) is 19.0 Å². The van der Waals surface area contributed by atoms with Crippen LogP contribution in [0.4, 0.5) is 14.0 Å². The minimum Gasteiger partial charge on any atom is -0.445 e. The zero-order valence-electron chi connectivity index (χ0n) is 32.8. The lowest BCUT2D eigenvalue weighted by atomic mass is 9.98. The third-order valence-corrected chi connectivity index (χ3v) is 10.1. The van der Waals surface area contributed by atoms with E-state index in [2.05, 4.69) is 34.0 Å². The summed E-state index contributed by atoms with van der Waals surface area (Å²) in [7, 11) is 0. The van der Waals surface area contributed by atoms with E-state index in [9.17, 15) is 14.4 Å². The molecule has 0 saturated carbocycles. The molecule has 1 fully saturated rings. The molecule has 10 nitrogen and oxygen atoms in total. The highest BCUT2D eigenvalue weighted by molar-refractivity contribution is 5.85. The first kappa shape index (κ1) is 39.0. The van der Waals surface area contributed by atoms with Crippen LogP contribution in [0.5, 0.6) is 0 Å². The Morgan fingerprint density at radius 3 is 2.21 bits per heavy atom. The van der Waals surface area contributed by atoms with Gasteiger partial charge in [0.15, 0.2) is 5.82 Å². The summed E-state index contributed by atoms with van der Waals surface area (Å²) >= 11 is 0. The van der Waals surface area contributed by atoms with Crippen molar-refractivity contribution in [1.82, 2.24) is 24.8 Å². The van der Waals surface area contributed by atoms with Crippen molar-refractivity contribution in [3.63, 3.8) is 0 Å². The third-order valence-electron chi connectivity index (χ3n) is 10.1. The first-order chi connectivity index (χ1) is 27.5. The molecule has 4 aromatic carbocycles. The van der Waals surface area contributed by atoms with Gasteiger partial charge in [0.2, 0.25) is 5.43 Å². The summed E-state index contributed by atoms with van der Waals surface area (Å²) in [6, 6.07) is 30.4. The molecule has 1 unspecified atom stereocenters. The maximum absolute atomic E-state index is 15.6. The topological polar surface area (TPSA) is 121 Å². The summed E-state index contributed by atoms with van der Waals surface area (Å²) in [4.78, 5) is 53.5. The van der Waals surface area contributed by atoms with E-state index in [0.29, 0.717) is 43.8 Å². The van der Waals surface area contributed by atoms with Crippen LogP contribution < -0.4 is 5.43 Å². The first-order valence-electron chi connectivity index (χ1n) is 19.5. The molecule has 2 aromatic heterocycles. The molecule has 1 saturated heterocycles. The molecule has 7 rings (SSSR count). The standard InChI is InChI=1S/C46H48FN5O5/c1-5-6-24-51(44(54)57-46(2,3)4)28-40-48-27-38(49-40)34-20-18-32(19-21-34)31-14-16-33(17-15-31)35-22-23-36-37(26-35)50-42(41(47)43(36)53)39-13-10-25-52(39)45(55)56-29-30-11-8-7-9-12-30/h7-9,11-12,14-23,26-27,39H,5-6,10,13,24-25,28-29H2,1-4H3,(H,48,49)(H,50,53). The number of rotatable bonds is 11. The Morgan fingerprint density at radius 1 is 0.895 bits per heavy atom. The molecule has 1 aliphatic heterocycles. The lowest BCUT2D eigenvalue weighted by molar-refractivity contribution is 0.0226. The Bertz CT molecular complexity index is 2400. The van der Waals surface area contributed by atoms with Gasteiger partial charge >= 0.3 is 12.2 Å². The van der Waals surface area contributed by atoms with Gasteiger partial charge in [-0.05, 0) is 85.5 Å². The molecular weight excluding hydrogens is 722 g/mol. The number of nitrogens with one attached hydrogen (secondary N) is 2. The average Bonchev–Trinajstić information content (AvgIpc) is 3.90. The normalized spacial score (nSPS) is 14.2. The van der Waals surface area contributed by atoms with Gasteiger partial charge in [-0.3, -0.25) is 9.69 Å². The Hall–Kier alpha value is -6.23. The summed E-state index contributed by atoms with van der Waals surface area (Å²) in [6.45, 7) is 9.11. The summed E-state index contributed by atoms with van der Waals surface area (Å²) in [5.41, 5.74) is 5.85. The monoisotopic (exact) mass is 769 g/mol. The fourth-order valence-electron chi connectivity index (χ4n) is 7.16. The fraction of sp³-hybridized carbons (Fsp3) is 0.304. The van der Waals surface area contributed by atoms with Crippen molar-refractivity contribution in [2.45, 2.75) is 78.2 Å². The molecular formula is C46H48FN5O5. The lowest BCUT2D eigenvalue weighted by Crippen LogP contribution is -2.37. The second-order valence-electron chi connectivity index (χ2n) is 15.5. The van der Waals surface area contributed by atoms with Gasteiger partial charge in [0, 0.05) is 18.5 Å². The highest BCUT2D eigenvalue weighted by atomic mass is 19.1. The molecule has 1 aliphatic rings. The number of hydrogen-bond donors (Lipinski definition) is 2. The van der Waals surface area contributed by atoms with Crippen LogP contribution in [0.2, 0.25) is 0 Å². The number of amides is 2. The number of imidazole rings is 1. The van der Waals surface area contributed by atoms with Crippen molar-refractivity contribution in [2.75, 3.05) is 13.1 Å². The number of halogens is 1. The molecule has 3 heterocycles. The van der Waals surface area contributed by atoms with Crippen LogP contribution in [-0.2, 0) is 22.6 Å². The third kappa shape index (κ3) is 9.09. The fourth-order valence-corrected chi connectivity index (χ4v) is 7.16. The van der Waals surface area contributed by atoms with Crippen LogP contribution in [-0.4, -0.2) is 55.6 Å². The van der Waals surface area contributed by atoms with Gasteiger partial charge < -0.3 is 24.3 Å². The van der Waals surface area contributed by atoms with Crippen molar-refractivity contribution in [1.29, 1.82) is 0 Å². The van der Waals surface area contributed by atoms with Crippen LogP contribution in [0.3, 0.4) is 0 Å². The summed E-state index contributed by atoms with van der Waals surface area (Å²) < 4.78 is 26.8. The van der Waals surface area contributed by atoms with E-state index in [1.807, 2.05) is 99.6 Å². The first-order valence-corrected chi connectivity index (χ1v) is 19.5. The van der Waals surface area contributed by atoms with Crippen LogP contribution in [0.15, 0.2) is 108 Å². The number of nitrogens with zero attached hydrogens (tertiary/aromatic N) is 3. The van der Waals surface area contributed by atoms with Crippen LogP contribution in [0, 0.1) is 5.82 Å². The molecule has 294 valence electrons. The lowest BCUT2D eigenvalue weighted by Gasteiger charge is -2.26. The molecule has 0 aliphatic carbocycles. The highest BCUT2D eigenvalue weighted by Crippen LogP contribution is 2.34.